The Kier molecular flexibility index (Phi) is 1.36. The second-order valence-electron chi connectivity index (χ2n) is 2.95. The average molecular weight is 164 g/mol. The summed E-state index contributed by atoms with van der Waals surface area (Å²) in [6.45, 7) is 0. The summed E-state index contributed by atoms with van der Waals surface area (Å²) in [5.74, 6) is -0.188. The first-order valence-corrected chi connectivity index (χ1v) is 3.72. The summed E-state index contributed by atoms with van der Waals surface area (Å²) >= 11 is 0. The molecule has 1 aliphatic carbocycles. The molecule has 0 N–H and O–H groups in total. The number of hydrogen-bond donors (Lipinski definition) is 0. The van der Waals surface area contributed by atoms with Gasteiger partial charge >= 0.3 is 0 Å². The summed E-state index contributed by atoms with van der Waals surface area (Å²) in [5.41, 5.74) is 0.394. The van der Waals surface area contributed by atoms with Gasteiger partial charge in [0.1, 0.15) is 11.8 Å². The molecule has 1 atom stereocenters. The maximum Gasteiger partial charge on any atom is 0.187 e. The van der Waals surface area contributed by atoms with Crippen molar-refractivity contribution in [2.75, 3.05) is 7.05 Å². The van der Waals surface area contributed by atoms with Gasteiger partial charge in [-0.1, -0.05) is 0 Å². The van der Waals surface area contributed by atoms with Gasteiger partial charge in [-0.25, -0.2) is 0 Å². The third kappa shape index (κ3) is 0.809. The van der Waals surface area contributed by atoms with E-state index < -0.39 is 6.04 Å². The molecule has 12 heavy (non-hydrogen) atoms. The highest BCUT2D eigenvalue weighted by Gasteiger charge is 2.40. The van der Waals surface area contributed by atoms with Crippen LogP contribution in [0.2, 0.25) is 0 Å². The number of fused-ring (bicyclic) bond motifs is 1. The molecule has 1 aliphatic heterocycles. The van der Waals surface area contributed by atoms with Gasteiger partial charge < -0.3 is 4.90 Å². The Bertz CT molecular complexity index is 317. The van der Waals surface area contributed by atoms with E-state index in [1.807, 2.05) is 0 Å². The van der Waals surface area contributed by atoms with E-state index in [0.29, 0.717) is 5.71 Å². The molecule has 1 heterocycles. The van der Waals surface area contributed by atoms with E-state index in [9.17, 15) is 9.59 Å². The molecule has 4 heteroatoms. The van der Waals surface area contributed by atoms with Crippen LogP contribution in [0.3, 0.4) is 0 Å². The molecule has 0 aromatic rings. The number of carbonyl (C=O) groups is 2. The predicted octanol–water partition coefficient (Wildman–Crippen LogP) is -0.246. The van der Waals surface area contributed by atoms with Crippen molar-refractivity contribution >= 4 is 17.3 Å². The summed E-state index contributed by atoms with van der Waals surface area (Å²) in [6, 6.07) is -0.414. The fraction of sp³-hybridized carbons (Fsp3) is 0.375. The number of hydrogen-bond acceptors (Lipinski definition) is 4. The first-order valence-electron chi connectivity index (χ1n) is 3.72. The van der Waals surface area contributed by atoms with Gasteiger partial charge in [-0.3, -0.25) is 14.6 Å². The van der Waals surface area contributed by atoms with Crippen LogP contribution in [0.25, 0.3) is 0 Å². The minimum absolute atomic E-state index is 0.00944. The number of carbonyl (C=O) groups excluding carboxylic acids is 2. The van der Waals surface area contributed by atoms with E-state index >= 15 is 0 Å². The normalized spacial score (nSPS) is 27.6. The number of Topliss-reactive ketones (excluding diaryl/α,β-unsaturated/α-hetero) is 2. The molecule has 2 rings (SSSR count). The minimum Gasteiger partial charge on any atom is -0.364 e. The lowest BCUT2D eigenvalue weighted by Gasteiger charge is -2.22. The quantitative estimate of drug-likeness (QED) is 0.464. The molecule has 1 fully saturated rings. The molecular weight excluding hydrogens is 156 g/mol. The molecular formula is C8H8N2O2. The average Bonchev–Trinajstić information content (AvgIpc) is 2.29. The number of aliphatic imine (C=N–C) groups is 1. The molecule has 0 bridgehead atoms. The Labute approximate surface area is 69.6 Å². The van der Waals surface area contributed by atoms with Crippen LogP contribution in [0.4, 0.5) is 0 Å². The molecule has 0 radical (unpaired) electrons. The highest BCUT2D eigenvalue weighted by atomic mass is 16.2. The number of likely N-dealkylation sites (N-methyl/N-ethyl adjacent to an activating group) is 1. The minimum atomic E-state index is -0.414. The molecule has 0 amide bonds. The zero-order chi connectivity index (χ0) is 8.72. The van der Waals surface area contributed by atoms with Crippen LogP contribution in [0.15, 0.2) is 17.4 Å². The first kappa shape index (κ1) is 7.21. The van der Waals surface area contributed by atoms with Crippen LogP contribution in [0.1, 0.15) is 6.42 Å². The monoisotopic (exact) mass is 164 g/mol. The van der Waals surface area contributed by atoms with Crippen LogP contribution in [-0.2, 0) is 9.59 Å². The Balaban J connectivity index is 2.44. The van der Waals surface area contributed by atoms with Gasteiger partial charge in [0.05, 0.1) is 6.42 Å². The van der Waals surface area contributed by atoms with E-state index in [4.69, 9.17) is 0 Å². The van der Waals surface area contributed by atoms with E-state index in [0.717, 1.165) is 0 Å². The van der Waals surface area contributed by atoms with E-state index in [-0.39, 0.29) is 18.0 Å². The van der Waals surface area contributed by atoms with Gasteiger partial charge in [0.25, 0.3) is 0 Å². The zero-order valence-electron chi connectivity index (χ0n) is 6.65. The fourth-order valence-corrected chi connectivity index (χ4v) is 1.52. The van der Waals surface area contributed by atoms with Crippen molar-refractivity contribution in [2.24, 2.45) is 4.99 Å². The van der Waals surface area contributed by atoms with E-state index in [2.05, 4.69) is 4.99 Å². The molecule has 0 aromatic heterocycles. The topological polar surface area (TPSA) is 49.7 Å². The van der Waals surface area contributed by atoms with Crippen molar-refractivity contribution in [1.29, 1.82) is 0 Å². The molecule has 2 aliphatic rings. The third-order valence-electron chi connectivity index (χ3n) is 2.11. The van der Waals surface area contributed by atoms with Gasteiger partial charge in [0.15, 0.2) is 11.6 Å². The Morgan fingerprint density at radius 2 is 2.33 bits per heavy atom. The SMILES string of the molecule is CN1C=CN=C2C(=O)CC(=O)C21. The molecule has 0 aromatic carbocycles. The molecule has 4 nitrogen and oxygen atoms in total. The summed E-state index contributed by atoms with van der Waals surface area (Å²) in [7, 11) is 1.77. The van der Waals surface area contributed by atoms with Gasteiger partial charge in [0, 0.05) is 19.4 Å². The first-order chi connectivity index (χ1) is 5.70. The highest BCUT2D eigenvalue weighted by molar-refractivity contribution is 6.54. The van der Waals surface area contributed by atoms with E-state index in [1.165, 1.54) is 0 Å². The number of ketones is 2. The Morgan fingerprint density at radius 3 is 3.00 bits per heavy atom. The summed E-state index contributed by atoms with van der Waals surface area (Å²) in [4.78, 5) is 28.0. The fourth-order valence-electron chi connectivity index (χ4n) is 1.52. The lowest BCUT2D eigenvalue weighted by molar-refractivity contribution is -0.122. The van der Waals surface area contributed by atoms with Crippen LogP contribution < -0.4 is 0 Å². The molecule has 1 saturated carbocycles. The largest absolute Gasteiger partial charge is 0.364 e. The van der Waals surface area contributed by atoms with Crippen LogP contribution in [0, 0.1) is 0 Å². The highest BCUT2D eigenvalue weighted by Crippen LogP contribution is 2.17. The maximum atomic E-state index is 11.3. The van der Waals surface area contributed by atoms with Crippen LogP contribution in [0.5, 0.6) is 0 Å². The summed E-state index contributed by atoms with van der Waals surface area (Å²) in [5, 5.41) is 0. The molecule has 1 unspecified atom stereocenters. The van der Waals surface area contributed by atoms with Crippen molar-refractivity contribution in [1.82, 2.24) is 4.90 Å². The number of rotatable bonds is 0. The lowest BCUT2D eigenvalue weighted by Crippen LogP contribution is -2.39. The van der Waals surface area contributed by atoms with E-state index in [1.54, 1.807) is 24.3 Å². The van der Waals surface area contributed by atoms with Gasteiger partial charge in [0.2, 0.25) is 0 Å². The van der Waals surface area contributed by atoms with Gasteiger partial charge in [-0.15, -0.1) is 0 Å². The van der Waals surface area contributed by atoms with Crippen LogP contribution in [-0.4, -0.2) is 35.3 Å². The summed E-state index contributed by atoms with van der Waals surface area (Å²) in [6.07, 6.45) is 3.25. The second kappa shape index (κ2) is 2.27. The Morgan fingerprint density at radius 1 is 1.58 bits per heavy atom. The molecule has 0 spiro atoms. The third-order valence-corrected chi connectivity index (χ3v) is 2.11. The van der Waals surface area contributed by atoms with Crippen molar-refractivity contribution in [3.63, 3.8) is 0 Å². The van der Waals surface area contributed by atoms with Crippen molar-refractivity contribution < 1.29 is 9.59 Å². The zero-order valence-corrected chi connectivity index (χ0v) is 6.65. The second-order valence-corrected chi connectivity index (χ2v) is 2.95. The van der Waals surface area contributed by atoms with Gasteiger partial charge in [-0.05, 0) is 0 Å². The van der Waals surface area contributed by atoms with Crippen molar-refractivity contribution in [2.45, 2.75) is 12.5 Å². The standard InChI is InChI=1S/C8H8N2O2/c1-10-3-2-9-7-5(11)4-6(12)8(7)10/h2-3,8H,4H2,1H3. The smallest absolute Gasteiger partial charge is 0.187 e. The van der Waals surface area contributed by atoms with Gasteiger partial charge in [-0.2, -0.15) is 0 Å². The predicted molar refractivity (Wildman–Crippen MR) is 42.8 cm³/mol. The van der Waals surface area contributed by atoms with Crippen molar-refractivity contribution in [3.8, 4) is 0 Å². The number of nitrogens with zero attached hydrogens (tertiary/aromatic N) is 2. The van der Waals surface area contributed by atoms with Crippen molar-refractivity contribution in [3.05, 3.63) is 12.4 Å². The molecule has 0 saturated heterocycles. The lowest BCUT2D eigenvalue weighted by atomic mass is 10.2. The summed E-state index contributed by atoms with van der Waals surface area (Å²) < 4.78 is 0. The Hall–Kier alpha value is -1.45. The van der Waals surface area contributed by atoms with Crippen LogP contribution >= 0.6 is 0 Å². The molecule has 62 valence electrons. The maximum absolute atomic E-state index is 11.3.